The van der Waals surface area contributed by atoms with E-state index >= 15 is 0 Å². The highest BCUT2D eigenvalue weighted by atomic mass is 16.3. The standard InChI is InChI=1S/C26H30N8O2/c1-3-8-27-25(36)21-15-23(29-24-14-20(31-32-24)19-5-6-19)30-26(28-21)34-11-9-33(10-12-34)16-18-4-7-22(35)17(2)13-18/h1,4,7,13-15,19,35H,5-6,8-12,16H2,2H3,(H,27,36)(H2,28,29,30,31,32). The average Bonchev–Trinajstić information content (AvgIpc) is 3.64. The number of phenols is 1. The Kier molecular flexibility index (Phi) is 6.73. The minimum absolute atomic E-state index is 0.125. The highest BCUT2D eigenvalue weighted by Gasteiger charge is 2.26. The molecule has 2 fully saturated rings. The van der Waals surface area contributed by atoms with Gasteiger partial charge in [-0.1, -0.05) is 18.1 Å². The average molecular weight is 487 g/mol. The second-order valence-electron chi connectivity index (χ2n) is 9.32. The molecule has 3 aromatic rings. The molecule has 3 heterocycles. The zero-order valence-corrected chi connectivity index (χ0v) is 20.3. The molecule has 36 heavy (non-hydrogen) atoms. The van der Waals surface area contributed by atoms with Crippen LogP contribution < -0.4 is 15.5 Å². The molecule has 1 aromatic carbocycles. The van der Waals surface area contributed by atoms with Gasteiger partial charge in [0, 0.05) is 56.5 Å². The maximum absolute atomic E-state index is 12.7. The topological polar surface area (TPSA) is 122 Å². The number of nitrogens with one attached hydrogen (secondary N) is 3. The van der Waals surface area contributed by atoms with Crippen molar-refractivity contribution < 1.29 is 9.90 Å². The lowest BCUT2D eigenvalue weighted by atomic mass is 10.1. The monoisotopic (exact) mass is 486 g/mol. The highest BCUT2D eigenvalue weighted by Crippen LogP contribution is 2.39. The van der Waals surface area contributed by atoms with Gasteiger partial charge in [0.05, 0.1) is 6.54 Å². The molecule has 0 atom stereocenters. The molecule has 1 aliphatic heterocycles. The van der Waals surface area contributed by atoms with Gasteiger partial charge in [-0.15, -0.1) is 6.42 Å². The largest absolute Gasteiger partial charge is 0.508 e. The fourth-order valence-electron chi connectivity index (χ4n) is 4.29. The minimum atomic E-state index is -0.346. The number of hydrogen-bond acceptors (Lipinski definition) is 8. The fourth-order valence-corrected chi connectivity index (χ4v) is 4.29. The predicted octanol–water partition coefficient (Wildman–Crippen LogP) is 2.52. The Hall–Kier alpha value is -4.10. The molecule has 186 valence electrons. The van der Waals surface area contributed by atoms with Crippen molar-refractivity contribution in [2.45, 2.75) is 32.2 Å². The molecule has 0 spiro atoms. The molecule has 1 saturated heterocycles. The SMILES string of the molecule is C#CCNC(=O)c1cc(Nc2cc(C3CC3)[nH]n2)nc(N2CCN(Cc3ccc(O)c(C)c3)CC2)n1. The van der Waals surface area contributed by atoms with Gasteiger partial charge in [0.1, 0.15) is 17.3 Å². The number of H-pyrrole nitrogens is 1. The summed E-state index contributed by atoms with van der Waals surface area (Å²) >= 11 is 0. The van der Waals surface area contributed by atoms with Crippen molar-refractivity contribution in [2.24, 2.45) is 0 Å². The normalized spacial score (nSPS) is 15.9. The number of benzene rings is 1. The number of terminal acetylenes is 1. The predicted molar refractivity (Wildman–Crippen MR) is 137 cm³/mol. The first-order valence-electron chi connectivity index (χ1n) is 12.2. The fraction of sp³-hybridized carbons (Fsp3) is 0.385. The summed E-state index contributed by atoms with van der Waals surface area (Å²) in [6.45, 7) is 5.93. The van der Waals surface area contributed by atoms with E-state index < -0.39 is 0 Å². The smallest absolute Gasteiger partial charge is 0.270 e. The lowest BCUT2D eigenvalue weighted by molar-refractivity contribution is 0.0953. The van der Waals surface area contributed by atoms with Crippen LogP contribution in [0.1, 0.15) is 46.1 Å². The van der Waals surface area contributed by atoms with Crippen molar-refractivity contribution in [3.05, 3.63) is 52.8 Å². The molecule has 4 N–H and O–H groups in total. The number of carbonyl (C=O) groups is 1. The van der Waals surface area contributed by atoms with Crippen LogP contribution >= 0.6 is 0 Å². The van der Waals surface area contributed by atoms with Crippen LogP contribution in [0.25, 0.3) is 0 Å². The first kappa shape index (κ1) is 23.6. The van der Waals surface area contributed by atoms with Crippen molar-refractivity contribution in [3.8, 4) is 18.1 Å². The Labute approximate surface area is 210 Å². The molecule has 2 aliphatic rings. The van der Waals surface area contributed by atoms with Crippen LogP contribution in [-0.2, 0) is 6.54 Å². The number of anilines is 3. The number of piperazine rings is 1. The maximum Gasteiger partial charge on any atom is 0.270 e. The lowest BCUT2D eigenvalue weighted by Crippen LogP contribution is -2.46. The molecule has 1 saturated carbocycles. The zero-order valence-electron chi connectivity index (χ0n) is 20.3. The molecule has 1 amide bonds. The van der Waals surface area contributed by atoms with E-state index in [4.69, 9.17) is 11.4 Å². The van der Waals surface area contributed by atoms with Gasteiger partial charge in [0.25, 0.3) is 5.91 Å². The van der Waals surface area contributed by atoms with Crippen molar-refractivity contribution in [3.63, 3.8) is 0 Å². The Morgan fingerprint density at radius 2 is 1.97 bits per heavy atom. The first-order valence-corrected chi connectivity index (χ1v) is 12.2. The Morgan fingerprint density at radius 1 is 1.17 bits per heavy atom. The number of phenolic OH excluding ortho intramolecular Hbond substituents is 1. The summed E-state index contributed by atoms with van der Waals surface area (Å²) in [5.74, 6) is 4.59. The van der Waals surface area contributed by atoms with Gasteiger partial charge in [-0.2, -0.15) is 10.1 Å². The number of aromatic nitrogens is 4. The third-order valence-electron chi connectivity index (χ3n) is 6.49. The number of hydrogen-bond donors (Lipinski definition) is 4. The molecule has 2 aromatic heterocycles. The van der Waals surface area contributed by atoms with E-state index in [1.54, 1.807) is 12.1 Å². The van der Waals surface area contributed by atoms with E-state index in [0.717, 1.165) is 44.0 Å². The third kappa shape index (κ3) is 5.58. The summed E-state index contributed by atoms with van der Waals surface area (Å²) in [6, 6.07) is 9.32. The maximum atomic E-state index is 12.7. The number of aryl methyl sites for hydroxylation is 1. The Balaban J connectivity index is 1.30. The Bertz CT molecular complexity index is 1290. The minimum Gasteiger partial charge on any atom is -0.508 e. The molecule has 1 aliphatic carbocycles. The number of aromatic hydroxyl groups is 1. The molecule has 5 rings (SSSR count). The second-order valence-corrected chi connectivity index (χ2v) is 9.32. The van der Waals surface area contributed by atoms with Crippen LogP contribution in [0.5, 0.6) is 5.75 Å². The quantitative estimate of drug-likeness (QED) is 0.358. The van der Waals surface area contributed by atoms with E-state index in [9.17, 15) is 9.90 Å². The van der Waals surface area contributed by atoms with Crippen molar-refractivity contribution in [1.29, 1.82) is 0 Å². The van der Waals surface area contributed by atoms with E-state index in [0.29, 0.717) is 29.3 Å². The number of carbonyl (C=O) groups excluding carboxylic acids is 1. The van der Waals surface area contributed by atoms with E-state index in [-0.39, 0.29) is 18.1 Å². The number of rotatable bonds is 8. The van der Waals surface area contributed by atoms with Gasteiger partial charge in [0.15, 0.2) is 5.82 Å². The van der Waals surface area contributed by atoms with Crippen LogP contribution in [0.3, 0.4) is 0 Å². The summed E-state index contributed by atoms with van der Waals surface area (Å²) in [4.78, 5) is 26.3. The van der Waals surface area contributed by atoms with Crippen molar-refractivity contribution >= 4 is 23.5 Å². The summed E-state index contributed by atoms with van der Waals surface area (Å²) < 4.78 is 0. The van der Waals surface area contributed by atoms with Gasteiger partial charge >= 0.3 is 0 Å². The molecule has 0 unspecified atom stereocenters. The van der Waals surface area contributed by atoms with Crippen LogP contribution in [0.15, 0.2) is 30.3 Å². The van der Waals surface area contributed by atoms with Gasteiger partial charge in [-0.05, 0) is 37.0 Å². The van der Waals surface area contributed by atoms with Crippen molar-refractivity contribution in [1.82, 2.24) is 30.4 Å². The molecule has 0 bridgehead atoms. The zero-order chi connectivity index (χ0) is 25.1. The lowest BCUT2D eigenvalue weighted by Gasteiger charge is -2.35. The van der Waals surface area contributed by atoms with Gasteiger partial charge in [-0.25, -0.2) is 4.98 Å². The van der Waals surface area contributed by atoms with E-state index in [1.807, 2.05) is 25.1 Å². The summed E-state index contributed by atoms with van der Waals surface area (Å²) in [5.41, 5.74) is 3.40. The highest BCUT2D eigenvalue weighted by molar-refractivity contribution is 5.93. The van der Waals surface area contributed by atoms with Crippen molar-refractivity contribution in [2.75, 3.05) is 42.9 Å². The summed E-state index contributed by atoms with van der Waals surface area (Å²) in [5, 5.41) is 23.1. The van der Waals surface area contributed by atoms with Crippen LogP contribution in [0, 0.1) is 19.3 Å². The van der Waals surface area contributed by atoms with Crippen LogP contribution in [0.2, 0.25) is 0 Å². The second kappa shape index (κ2) is 10.3. The van der Waals surface area contributed by atoms with Gasteiger partial charge < -0.3 is 20.6 Å². The first-order chi connectivity index (χ1) is 17.5. The number of amides is 1. The molecule has 10 nitrogen and oxygen atoms in total. The van der Waals surface area contributed by atoms with E-state index in [2.05, 4.69) is 41.5 Å². The molecule has 10 heteroatoms. The number of nitrogens with zero attached hydrogens (tertiary/aromatic N) is 5. The summed E-state index contributed by atoms with van der Waals surface area (Å²) in [6.07, 6.45) is 7.66. The van der Waals surface area contributed by atoms with Crippen LogP contribution in [0.4, 0.5) is 17.6 Å². The van der Waals surface area contributed by atoms with Gasteiger partial charge in [0.2, 0.25) is 5.95 Å². The Morgan fingerprint density at radius 3 is 2.69 bits per heavy atom. The molecule has 0 radical (unpaired) electrons. The molecular formula is C26H30N8O2. The van der Waals surface area contributed by atoms with Gasteiger partial charge in [-0.3, -0.25) is 14.8 Å². The molecular weight excluding hydrogens is 456 g/mol. The number of aromatic amines is 1. The third-order valence-corrected chi connectivity index (χ3v) is 6.49. The van der Waals surface area contributed by atoms with E-state index in [1.165, 1.54) is 18.4 Å². The summed E-state index contributed by atoms with van der Waals surface area (Å²) in [7, 11) is 0. The van der Waals surface area contributed by atoms with Crippen LogP contribution in [-0.4, -0.2) is 68.8 Å².